The van der Waals surface area contributed by atoms with Crippen molar-refractivity contribution < 1.29 is 14.6 Å². The van der Waals surface area contributed by atoms with Gasteiger partial charge in [-0.05, 0) is 17.7 Å². The molecular weight excluding hydrogens is 242 g/mol. The first-order valence-electron chi connectivity index (χ1n) is 5.25. The molecule has 0 fully saturated rings. The fourth-order valence-corrected chi connectivity index (χ4v) is 1.17. The molecule has 0 heterocycles. The summed E-state index contributed by atoms with van der Waals surface area (Å²) in [6.07, 6.45) is 0. The number of hydrogen-bond acceptors (Lipinski definition) is 3. The molecule has 0 saturated heterocycles. The SMILES string of the molecule is CC(C)NCc1ccc(OCC(=O)O)cc1.Cl. The molecule has 0 aliphatic carbocycles. The van der Waals surface area contributed by atoms with Crippen molar-refractivity contribution in [2.75, 3.05) is 6.61 Å². The molecule has 4 nitrogen and oxygen atoms in total. The molecule has 0 unspecified atom stereocenters. The molecule has 0 radical (unpaired) electrons. The van der Waals surface area contributed by atoms with Crippen LogP contribution in [0.15, 0.2) is 24.3 Å². The van der Waals surface area contributed by atoms with Crippen LogP contribution < -0.4 is 10.1 Å². The number of aliphatic carboxylic acids is 1. The van der Waals surface area contributed by atoms with Gasteiger partial charge in [-0.2, -0.15) is 0 Å². The van der Waals surface area contributed by atoms with E-state index in [0.29, 0.717) is 11.8 Å². The van der Waals surface area contributed by atoms with Gasteiger partial charge in [0.05, 0.1) is 0 Å². The topological polar surface area (TPSA) is 58.6 Å². The molecule has 0 aromatic heterocycles. The molecule has 5 heteroatoms. The smallest absolute Gasteiger partial charge is 0.341 e. The largest absolute Gasteiger partial charge is 0.482 e. The molecule has 0 atom stereocenters. The highest BCUT2D eigenvalue weighted by Crippen LogP contribution is 2.11. The minimum Gasteiger partial charge on any atom is -0.482 e. The first-order valence-corrected chi connectivity index (χ1v) is 5.25. The van der Waals surface area contributed by atoms with Crippen molar-refractivity contribution in [3.63, 3.8) is 0 Å². The first-order chi connectivity index (χ1) is 7.58. The number of hydrogen-bond donors (Lipinski definition) is 2. The Hall–Kier alpha value is -1.26. The Balaban J connectivity index is 0.00000256. The molecular formula is C12H18ClNO3. The average Bonchev–Trinajstić information content (AvgIpc) is 2.25. The van der Waals surface area contributed by atoms with E-state index in [-0.39, 0.29) is 19.0 Å². The average molecular weight is 260 g/mol. The lowest BCUT2D eigenvalue weighted by Gasteiger charge is -2.08. The van der Waals surface area contributed by atoms with Crippen molar-refractivity contribution in [3.05, 3.63) is 29.8 Å². The van der Waals surface area contributed by atoms with Crippen LogP contribution in [0.3, 0.4) is 0 Å². The summed E-state index contributed by atoms with van der Waals surface area (Å²) < 4.78 is 5.03. The zero-order valence-corrected chi connectivity index (χ0v) is 10.8. The summed E-state index contributed by atoms with van der Waals surface area (Å²) in [5.74, 6) is -0.388. The molecule has 2 N–H and O–H groups in total. The number of halogens is 1. The van der Waals surface area contributed by atoms with Gasteiger partial charge >= 0.3 is 5.97 Å². The Kier molecular flexibility index (Phi) is 7.34. The maximum Gasteiger partial charge on any atom is 0.341 e. The fourth-order valence-electron chi connectivity index (χ4n) is 1.17. The number of ether oxygens (including phenoxy) is 1. The quantitative estimate of drug-likeness (QED) is 0.821. The van der Waals surface area contributed by atoms with Crippen molar-refractivity contribution >= 4 is 18.4 Å². The Morgan fingerprint density at radius 3 is 2.41 bits per heavy atom. The van der Waals surface area contributed by atoms with Crippen LogP contribution in [-0.2, 0) is 11.3 Å². The van der Waals surface area contributed by atoms with Crippen molar-refractivity contribution in [1.29, 1.82) is 0 Å². The van der Waals surface area contributed by atoms with E-state index in [1.165, 1.54) is 0 Å². The zero-order valence-electron chi connectivity index (χ0n) is 9.97. The fraction of sp³-hybridized carbons (Fsp3) is 0.417. The number of carboxylic acid groups (broad SMARTS) is 1. The second-order valence-electron chi connectivity index (χ2n) is 3.86. The van der Waals surface area contributed by atoms with Crippen LogP contribution in [0.4, 0.5) is 0 Å². The summed E-state index contributed by atoms with van der Waals surface area (Å²) in [5, 5.41) is 11.7. The van der Waals surface area contributed by atoms with Gasteiger partial charge in [0.1, 0.15) is 5.75 Å². The lowest BCUT2D eigenvalue weighted by atomic mass is 10.2. The molecule has 0 amide bonds. The highest BCUT2D eigenvalue weighted by Gasteiger charge is 1.99. The molecule has 0 bridgehead atoms. The van der Waals surface area contributed by atoms with Crippen LogP contribution in [-0.4, -0.2) is 23.7 Å². The Morgan fingerprint density at radius 2 is 1.94 bits per heavy atom. The van der Waals surface area contributed by atoms with Crippen molar-refractivity contribution in [1.82, 2.24) is 5.32 Å². The lowest BCUT2D eigenvalue weighted by Crippen LogP contribution is -2.21. The number of benzene rings is 1. The highest BCUT2D eigenvalue weighted by atomic mass is 35.5. The molecule has 96 valence electrons. The Bertz CT molecular complexity index is 338. The molecule has 0 spiro atoms. The predicted octanol–water partition coefficient (Wildman–Crippen LogP) is 2.07. The van der Waals surface area contributed by atoms with Gasteiger partial charge in [0.25, 0.3) is 0 Å². The van der Waals surface area contributed by atoms with E-state index < -0.39 is 5.97 Å². The van der Waals surface area contributed by atoms with Gasteiger partial charge in [0.2, 0.25) is 0 Å². The first kappa shape index (κ1) is 15.7. The van der Waals surface area contributed by atoms with E-state index in [4.69, 9.17) is 9.84 Å². The van der Waals surface area contributed by atoms with Crippen molar-refractivity contribution in [3.8, 4) is 5.75 Å². The number of carbonyl (C=O) groups is 1. The van der Waals surface area contributed by atoms with Crippen molar-refractivity contribution in [2.45, 2.75) is 26.4 Å². The van der Waals surface area contributed by atoms with E-state index in [9.17, 15) is 4.79 Å². The third kappa shape index (κ3) is 6.81. The summed E-state index contributed by atoms with van der Waals surface area (Å²) >= 11 is 0. The predicted molar refractivity (Wildman–Crippen MR) is 68.8 cm³/mol. The van der Waals surface area contributed by atoms with Gasteiger partial charge in [-0.3, -0.25) is 0 Å². The van der Waals surface area contributed by atoms with Crippen LogP contribution in [0, 0.1) is 0 Å². The third-order valence-electron chi connectivity index (χ3n) is 2.00. The molecule has 17 heavy (non-hydrogen) atoms. The molecule has 1 rings (SSSR count). The van der Waals surface area contributed by atoms with Crippen LogP contribution in [0.1, 0.15) is 19.4 Å². The summed E-state index contributed by atoms with van der Waals surface area (Å²) in [6, 6.07) is 7.85. The van der Waals surface area contributed by atoms with Gasteiger partial charge in [0, 0.05) is 12.6 Å². The van der Waals surface area contributed by atoms with E-state index >= 15 is 0 Å². The molecule has 1 aromatic rings. The van der Waals surface area contributed by atoms with Crippen LogP contribution >= 0.6 is 12.4 Å². The Morgan fingerprint density at radius 1 is 1.35 bits per heavy atom. The lowest BCUT2D eigenvalue weighted by molar-refractivity contribution is -0.139. The minimum atomic E-state index is -0.967. The van der Waals surface area contributed by atoms with Crippen LogP contribution in [0.5, 0.6) is 5.75 Å². The molecule has 0 aliphatic heterocycles. The zero-order chi connectivity index (χ0) is 12.0. The van der Waals surface area contributed by atoms with Crippen LogP contribution in [0.2, 0.25) is 0 Å². The number of rotatable bonds is 6. The second-order valence-corrected chi connectivity index (χ2v) is 3.86. The van der Waals surface area contributed by atoms with E-state index in [1.807, 2.05) is 12.1 Å². The van der Waals surface area contributed by atoms with E-state index in [2.05, 4.69) is 19.2 Å². The molecule has 0 saturated carbocycles. The maximum atomic E-state index is 10.3. The second kappa shape index (κ2) is 7.92. The highest BCUT2D eigenvalue weighted by molar-refractivity contribution is 5.85. The Labute approximate surface area is 107 Å². The van der Waals surface area contributed by atoms with Gasteiger partial charge in [0.15, 0.2) is 6.61 Å². The van der Waals surface area contributed by atoms with Gasteiger partial charge in [-0.25, -0.2) is 4.79 Å². The summed E-state index contributed by atoms with van der Waals surface area (Å²) in [4.78, 5) is 10.3. The molecule has 0 aliphatic rings. The van der Waals surface area contributed by atoms with Gasteiger partial charge in [-0.1, -0.05) is 26.0 Å². The monoisotopic (exact) mass is 259 g/mol. The molecule has 1 aromatic carbocycles. The summed E-state index contributed by atoms with van der Waals surface area (Å²) in [7, 11) is 0. The van der Waals surface area contributed by atoms with E-state index in [1.54, 1.807) is 12.1 Å². The maximum absolute atomic E-state index is 10.3. The summed E-state index contributed by atoms with van der Waals surface area (Å²) in [6.45, 7) is 4.68. The normalized spacial score (nSPS) is 9.82. The summed E-state index contributed by atoms with van der Waals surface area (Å²) in [5.41, 5.74) is 1.15. The number of carboxylic acids is 1. The standard InChI is InChI=1S/C12H17NO3.ClH/c1-9(2)13-7-10-3-5-11(6-4-10)16-8-12(14)15;/h3-6,9,13H,7-8H2,1-2H3,(H,14,15);1H. The van der Waals surface area contributed by atoms with Gasteiger partial charge in [-0.15, -0.1) is 12.4 Å². The van der Waals surface area contributed by atoms with Gasteiger partial charge < -0.3 is 15.2 Å². The third-order valence-corrected chi connectivity index (χ3v) is 2.00. The van der Waals surface area contributed by atoms with Crippen molar-refractivity contribution in [2.24, 2.45) is 0 Å². The number of nitrogens with one attached hydrogen (secondary N) is 1. The van der Waals surface area contributed by atoms with E-state index in [0.717, 1.165) is 12.1 Å². The minimum absolute atomic E-state index is 0. The van der Waals surface area contributed by atoms with Crippen LogP contribution in [0.25, 0.3) is 0 Å².